The third-order valence-electron chi connectivity index (χ3n) is 2.17. The number of methoxy groups -OCH3 is 2. The topological polar surface area (TPSA) is 52.8 Å². The van der Waals surface area contributed by atoms with Crippen LogP contribution in [0.5, 0.6) is 5.88 Å². The van der Waals surface area contributed by atoms with E-state index in [4.69, 9.17) is 16.3 Å². The van der Waals surface area contributed by atoms with Crippen LogP contribution in [0.2, 0.25) is 5.02 Å². The van der Waals surface area contributed by atoms with Crippen molar-refractivity contribution in [3.8, 4) is 5.88 Å². The van der Waals surface area contributed by atoms with Crippen LogP contribution in [-0.4, -0.2) is 29.6 Å². The van der Waals surface area contributed by atoms with Crippen molar-refractivity contribution in [2.24, 2.45) is 0 Å². The van der Waals surface area contributed by atoms with Crippen LogP contribution in [0, 0.1) is 0 Å². The van der Waals surface area contributed by atoms with Crippen molar-refractivity contribution in [1.29, 1.82) is 0 Å². The number of hydrogen-bond acceptors (Lipinski definition) is 4. The number of pyridine rings is 1. The molecule has 0 saturated heterocycles. The van der Waals surface area contributed by atoms with Crippen molar-refractivity contribution < 1.29 is 14.3 Å². The average molecular weight is 241 g/mol. The van der Waals surface area contributed by atoms with Gasteiger partial charge in [-0.1, -0.05) is 11.6 Å². The predicted molar refractivity (Wildman–Crippen MR) is 58.1 cm³/mol. The smallest absolute Gasteiger partial charge is 0.358 e. The lowest BCUT2D eigenvalue weighted by Gasteiger charge is -2.04. The fourth-order valence-corrected chi connectivity index (χ4v) is 1.64. The highest BCUT2D eigenvalue weighted by Gasteiger charge is 2.16. The summed E-state index contributed by atoms with van der Waals surface area (Å²) in [6.07, 6.45) is 1.48. The minimum atomic E-state index is -0.508. The van der Waals surface area contributed by atoms with Crippen molar-refractivity contribution >= 4 is 23.1 Å². The molecule has 0 amide bonds. The largest absolute Gasteiger partial charge is 0.482 e. The summed E-state index contributed by atoms with van der Waals surface area (Å²) in [5.41, 5.74) is 0.763. The van der Waals surface area contributed by atoms with Gasteiger partial charge in [0.1, 0.15) is 6.33 Å². The molecular weight excluding hydrogens is 232 g/mol. The Kier molecular flexibility index (Phi) is 2.70. The summed E-state index contributed by atoms with van der Waals surface area (Å²) in [5, 5.41) is 0.468. The van der Waals surface area contributed by atoms with Crippen LogP contribution in [0.15, 0.2) is 18.5 Å². The number of imidazole rings is 1. The van der Waals surface area contributed by atoms with Crippen molar-refractivity contribution in [1.82, 2.24) is 9.38 Å². The molecule has 0 aliphatic heterocycles. The third kappa shape index (κ3) is 1.59. The first-order valence-corrected chi connectivity index (χ1v) is 4.84. The quantitative estimate of drug-likeness (QED) is 0.751. The van der Waals surface area contributed by atoms with Gasteiger partial charge < -0.3 is 9.47 Å². The number of carbonyl (C=O) groups is 1. The molecule has 0 bridgehead atoms. The van der Waals surface area contributed by atoms with E-state index in [1.807, 2.05) is 0 Å². The molecule has 2 rings (SSSR count). The van der Waals surface area contributed by atoms with Gasteiger partial charge >= 0.3 is 5.97 Å². The van der Waals surface area contributed by atoms with Crippen LogP contribution in [0.3, 0.4) is 0 Å². The number of ether oxygens (including phenoxy) is 2. The van der Waals surface area contributed by atoms with Crippen molar-refractivity contribution in [2.45, 2.75) is 0 Å². The normalized spacial score (nSPS) is 10.4. The highest BCUT2D eigenvalue weighted by Crippen LogP contribution is 2.23. The van der Waals surface area contributed by atoms with Crippen LogP contribution in [0.25, 0.3) is 5.52 Å². The van der Waals surface area contributed by atoms with E-state index in [1.165, 1.54) is 20.5 Å². The van der Waals surface area contributed by atoms with E-state index in [-0.39, 0.29) is 5.69 Å². The Morgan fingerprint density at radius 3 is 2.81 bits per heavy atom. The van der Waals surface area contributed by atoms with Crippen molar-refractivity contribution in [3.05, 3.63) is 29.2 Å². The highest BCUT2D eigenvalue weighted by molar-refractivity contribution is 6.31. The van der Waals surface area contributed by atoms with Gasteiger partial charge in [0, 0.05) is 11.1 Å². The van der Waals surface area contributed by atoms with Gasteiger partial charge in [-0.15, -0.1) is 0 Å². The molecule has 16 heavy (non-hydrogen) atoms. The van der Waals surface area contributed by atoms with Crippen molar-refractivity contribution in [2.75, 3.05) is 14.2 Å². The molecule has 5 nitrogen and oxygen atoms in total. The number of halogens is 1. The van der Waals surface area contributed by atoms with Crippen LogP contribution in [0.4, 0.5) is 0 Å². The molecule has 0 unspecified atom stereocenters. The standard InChI is InChI=1S/C10H9ClN2O3/c1-15-8-4-6(11)3-7-9(10(14)16-2)12-5-13(7)8/h3-5H,1-2H3. The third-order valence-corrected chi connectivity index (χ3v) is 2.38. The molecule has 0 fully saturated rings. The fraction of sp³-hybridized carbons (Fsp3) is 0.200. The van der Waals surface area contributed by atoms with Crippen LogP contribution < -0.4 is 4.74 Å². The average Bonchev–Trinajstić information content (AvgIpc) is 2.70. The highest BCUT2D eigenvalue weighted by atomic mass is 35.5. The molecule has 0 atom stereocenters. The number of carbonyl (C=O) groups excluding carboxylic acids is 1. The molecule has 2 heterocycles. The van der Waals surface area contributed by atoms with Gasteiger partial charge in [-0.3, -0.25) is 4.40 Å². The van der Waals surface area contributed by atoms with Gasteiger partial charge in [0.25, 0.3) is 0 Å². The van der Waals surface area contributed by atoms with Gasteiger partial charge in [0.15, 0.2) is 5.69 Å². The SMILES string of the molecule is COC(=O)c1ncn2c(OC)cc(Cl)cc12. The maximum Gasteiger partial charge on any atom is 0.358 e. The Bertz CT molecular complexity index is 550. The van der Waals surface area contributed by atoms with Gasteiger partial charge in [-0.05, 0) is 6.07 Å². The minimum absolute atomic E-state index is 0.211. The first kappa shape index (κ1) is 10.8. The number of esters is 1. The molecule has 6 heteroatoms. The van der Waals surface area contributed by atoms with Gasteiger partial charge in [0.2, 0.25) is 5.88 Å². The maximum atomic E-state index is 11.4. The predicted octanol–water partition coefficient (Wildman–Crippen LogP) is 1.78. The molecule has 0 saturated carbocycles. The van der Waals surface area contributed by atoms with Crippen LogP contribution in [-0.2, 0) is 4.74 Å². The Balaban J connectivity index is 2.72. The molecule has 0 spiro atoms. The molecule has 84 valence electrons. The Labute approximate surface area is 96.6 Å². The lowest BCUT2D eigenvalue weighted by Crippen LogP contribution is -2.02. The lowest BCUT2D eigenvalue weighted by molar-refractivity contribution is 0.0597. The number of hydrogen-bond donors (Lipinski definition) is 0. The molecule has 0 aromatic carbocycles. The summed E-state index contributed by atoms with van der Waals surface area (Å²) in [4.78, 5) is 15.4. The van der Waals surface area contributed by atoms with Crippen LogP contribution in [0.1, 0.15) is 10.5 Å². The monoisotopic (exact) mass is 240 g/mol. The fourth-order valence-electron chi connectivity index (χ4n) is 1.44. The Hall–Kier alpha value is -1.75. The Morgan fingerprint density at radius 2 is 2.19 bits per heavy atom. The second-order valence-electron chi connectivity index (χ2n) is 3.06. The van der Waals surface area contributed by atoms with Crippen molar-refractivity contribution in [3.63, 3.8) is 0 Å². The van der Waals surface area contributed by atoms with Crippen LogP contribution >= 0.6 is 11.6 Å². The molecule has 2 aromatic rings. The van der Waals surface area contributed by atoms with E-state index >= 15 is 0 Å². The second kappa shape index (κ2) is 4.02. The van der Waals surface area contributed by atoms with E-state index in [1.54, 1.807) is 16.5 Å². The summed E-state index contributed by atoms with van der Waals surface area (Å²) < 4.78 is 11.4. The van der Waals surface area contributed by atoms with E-state index in [0.29, 0.717) is 16.4 Å². The number of nitrogens with zero attached hydrogens (tertiary/aromatic N) is 2. The number of rotatable bonds is 2. The van der Waals surface area contributed by atoms with Gasteiger partial charge in [-0.25, -0.2) is 9.78 Å². The first-order valence-electron chi connectivity index (χ1n) is 4.46. The molecule has 0 radical (unpaired) electrons. The summed E-state index contributed by atoms with van der Waals surface area (Å²) in [7, 11) is 2.82. The zero-order valence-corrected chi connectivity index (χ0v) is 9.49. The molecular formula is C10H9ClN2O3. The Morgan fingerprint density at radius 1 is 1.44 bits per heavy atom. The van der Waals surface area contributed by atoms with E-state index in [9.17, 15) is 4.79 Å². The zero-order valence-electron chi connectivity index (χ0n) is 8.73. The zero-order chi connectivity index (χ0) is 11.7. The molecule has 0 aliphatic rings. The lowest BCUT2D eigenvalue weighted by atomic mass is 10.3. The summed E-state index contributed by atoms with van der Waals surface area (Å²) in [6, 6.07) is 3.26. The van der Waals surface area contributed by atoms with Gasteiger partial charge in [0.05, 0.1) is 19.7 Å². The maximum absolute atomic E-state index is 11.4. The van der Waals surface area contributed by atoms with E-state index < -0.39 is 5.97 Å². The summed E-state index contributed by atoms with van der Waals surface area (Å²) in [6.45, 7) is 0. The first-order chi connectivity index (χ1) is 7.67. The second-order valence-corrected chi connectivity index (χ2v) is 3.49. The van der Waals surface area contributed by atoms with E-state index in [2.05, 4.69) is 9.72 Å². The number of aromatic nitrogens is 2. The summed E-state index contributed by atoms with van der Waals surface area (Å²) >= 11 is 5.91. The number of fused-ring (bicyclic) bond motifs is 1. The summed E-state index contributed by atoms with van der Waals surface area (Å²) in [5.74, 6) is -0.00280. The molecule has 0 aliphatic carbocycles. The molecule has 2 aromatic heterocycles. The van der Waals surface area contributed by atoms with Gasteiger partial charge in [-0.2, -0.15) is 0 Å². The molecule has 0 N–H and O–H groups in total. The minimum Gasteiger partial charge on any atom is -0.482 e. The van der Waals surface area contributed by atoms with E-state index in [0.717, 1.165) is 0 Å².